The number of nitrogens with zero attached hydrogens (tertiary/aromatic N) is 1. The molecule has 2 aromatic rings. The van der Waals surface area contributed by atoms with Crippen LogP contribution in [0.4, 0.5) is 5.69 Å². The van der Waals surface area contributed by atoms with Crippen molar-refractivity contribution in [1.82, 2.24) is 0 Å². The van der Waals surface area contributed by atoms with Crippen LogP contribution in [0.15, 0.2) is 53.0 Å². The van der Waals surface area contributed by atoms with E-state index in [-0.39, 0.29) is 12.4 Å². The normalized spacial score (nSPS) is 10.1. The van der Waals surface area contributed by atoms with Gasteiger partial charge in [-0.1, -0.05) is 28.1 Å². The lowest BCUT2D eigenvalue weighted by molar-refractivity contribution is 0.0475. The fourth-order valence-electron chi connectivity index (χ4n) is 1.86. The molecule has 0 saturated carbocycles. The molecule has 0 aliphatic heterocycles. The second-order valence-electron chi connectivity index (χ2n) is 4.95. The molecule has 0 fully saturated rings. The number of esters is 1. The topological polar surface area (TPSA) is 46.6 Å². The molecule has 2 aromatic carbocycles. The maximum absolute atomic E-state index is 12.0. The van der Waals surface area contributed by atoms with Gasteiger partial charge in [-0.2, -0.15) is 0 Å². The molecule has 0 amide bonds. The molecule has 4 nitrogen and oxygen atoms in total. The van der Waals surface area contributed by atoms with Crippen LogP contribution in [0.5, 0.6) is 0 Å². The third-order valence-corrected chi connectivity index (χ3v) is 3.59. The number of halogens is 1. The monoisotopic (exact) mass is 361 g/mol. The van der Waals surface area contributed by atoms with E-state index in [2.05, 4.69) is 15.9 Å². The predicted octanol–water partition coefficient (Wildman–Crippen LogP) is 3.55. The van der Waals surface area contributed by atoms with Gasteiger partial charge in [0.1, 0.15) is 0 Å². The number of carbonyl (C=O) groups is 2. The second kappa shape index (κ2) is 7.22. The summed E-state index contributed by atoms with van der Waals surface area (Å²) in [5, 5.41) is 0. The van der Waals surface area contributed by atoms with E-state index in [1.165, 1.54) is 0 Å². The minimum absolute atomic E-state index is 0.237. The van der Waals surface area contributed by atoms with E-state index < -0.39 is 5.97 Å². The molecule has 2 rings (SSSR count). The second-order valence-corrected chi connectivity index (χ2v) is 5.87. The molecule has 0 saturated heterocycles. The summed E-state index contributed by atoms with van der Waals surface area (Å²) in [6.45, 7) is -0.273. The molecule has 0 aliphatic rings. The Hall–Kier alpha value is -2.14. The van der Waals surface area contributed by atoms with Crippen molar-refractivity contribution >= 4 is 33.4 Å². The van der Waals surface area contributed by atoms with Crippen LogP contribution >= 0.6 is 15.9 Å². The first-order valence-corrected chi connectivity index (χ1v) is 7.50. The molecule has 0 aliphatic carbocycles. The van der Waals surface area contributed by atoms with Gasteiger partial charge in [0.2, 0.25) is 0 Å². The lowest BCUT2D eigenvalue weighted by atomic mass is 10.1. The fourth-order valence-corrected chi connectivity index (χ4v) is 2.25. The largest absolute Gasteiger partial charge is 0.454 e. The summed E-state index contributed by atoms with van der Waals surface area (Å²) in [6.07, 6.45) is 0. The summed E-state index contributed by atoms with van der Waals surface area (Å²) in [5.41, 5.74) is 1.92. The summed E-state index contributed by atoms with van der Waals surface area (Å²) in [6, 6.07) is 14.0. The van der Waals surface area contributed by atoms with Crippen molar-refractivity contribution in [1.29, 1.82) is 0 Å². The Bertz CT molecular complexity index is 681. The minimum atomic E-state index is -0.506. The maximum Gasteiger partial charge on any atom is 0.338 e. The highest BCUT2D eigenvalue weighted by Gasteiger charge is 2.12. The first-order valence-electron chi connectivity index (χ1n) is 6.70. The zero-order valence-corrected chi connectivity index (χ0v) is 14.0. The van der Waals surface area contributed by atoms with E-state index in [1.807, 2.05) is 37.2 Å². The Morgan fingerprint density at radius 2 is 1.73 bits per heavy atom. The van der Waals surface area contributed by atoms with Crippen LogP contribution in [0.25, 0.3) is 0 Å². The Kier molecular flexibility index (Phi) is 5.33. The number of rotatable bonds is 5. The van der Waals surface area contributed by atoms with Gasteiger partial charge in [0.25, 0.3) is 0 Å². The van der Waals surface area contributed by atoms with Crippen LogP contribution in [0.2, 0.25) is 0 Å². The van der Waals surface area contributed by atoms with Crippen molar-refractivity contribution in [2.24, 2.45) is 0 Å². The van der Waals surface area contributed by atoms with E-state index in [0.717, 1.165) is 10.2 Å². The highest BCUT2D eigenvalue weighted by atomic mass is 79.9. The number of benzene rings is 2. The number of ketones is 1. The molecule has 0 radical (unpaired) electrons. The van der Waals surface area contributed by atoms with Gasteiger partial charge >= 0.3 is 5.97 Å². The van der Waals surface area contributed by atoms with Crippen LogP contribution in [0.3, 0.4) is 0 Å². The molecule has 0 bridgehead atoms. The first kappa shape index (κ1) is 16.2. The highest BCUT2D eigenvalue weighted by Crippen LogP contribution is 2.14. The Balaban J connectivity index is 1.96. The average molecular weight is 362 g/mol. The van der Waals surface area contributed by atoms with Gasteiger partial charge in [0.15, 0.2) is 12.4 Å². The van der Waals surface area contributed by atoms with Gasteiger partial charge in [-0.05, 0) is 36.4 Å². The van der Waals surface area contributed by atoms with Gasteiger partial charge in [-0.15, -0.1) is 0 Å². The number of hydrogen-bond donors (Lipinski definition) is 0. The van der Waals surface area contributed by atoms with Gasteiger partial charge in [0.05, 0.1) is 5.56 Å². The third kappa shape index (κ3) is 4.18. The molecule has 5 heteroatoms. The molecule has 0 aromatic heterocycles. The number of hydrogen-bond acceptors (Lipinski definition) is 4. The quantitative estimate of drug-likeness (QED) is 0.603. The lowest BCUT2D eigenvalue weighted by Crippen LogP contribution is -2.14. The van der Waals surface area contributed by atoms with Gasteiger partial charge in [0, 0.05) is 29.8 Å². The van der Waals surface area contributed by atoms with Crippen molar-refractivity contribution in [2.45, 2.75) is 0 Å². The zero-order chi connectivity index (χ0) is 16.1. The number of anilines is 1. The van der Waals surface area contributed by atoms with Crippen molar-refractivity contribution in [3.63, 3.8) is 0 Å². The molecule has 0 N–H and O–H groups in total. The maximum atomic E-state index is 12.0. The van der Waals surface area contributed by atoms with Crippen LogP contribution in [0.1, 0.15) is 20.7 Å². The van der Waals surface area contributed by atoms with E-state index >= 15 is 0 Å². The van der Waals surface area contributed by atoms with E-state index in [4.69, 9.17) is 4.74 Å². The van der Waals surface area contributed by atoms with Gasteiger partial charge < -0.3 is 9.64 Å². The molecule has 0 heterocycles. The molecule has 0 spiro atoms. The number of ether oxygens (including phenoxy) is 1. The molecule has 0 unspecified atom stereocenters. The highest BCUT2D eigenvalue weighted by molar-refractivity contribution is 9.10. The van der Waals surface area contributed by atoms with E-state index in [9.17, 15) is 9.59 Å². The predicted molar refractivity (Wildman–Crippen MR) is 89.5 cm³/mol. The van der Waals surface area contributed by atoms with Crippen molar-refractivity contribution in [3.05, 3.63) is 64.1 Å². The Morgan fingerprint density at radius 3 is 2.32 bits per heavy atom. The lowest BCUT2D eigenvalue weighted by Gasteiger charge is -2.12. The zero-order valence-electron chi connectivity index (χ0n) is 12.4. The standard InChI is InChI=1S/C17H16BrNO3/c1-19(2)15-8-6-12(7-9-15)17(21)22-11-16(20)13-4-3-5-14(18)10-13/h3-10H,11H2,1-2H3. The average Bonchev–Trinajstić information content (AvgIpc) is 2.52. The number of carbonyl (C=O) groups excluding carboxylic acids is 2. The SMILES string of the molecule is CN(C)c1ccc(C(=O)OCC(=O)c2cccc(Br)c2)cc1. The van der Waals surface area contributed by atoms with Crippen LogP contribution in [-0.2, 0) is 4.74 Å². The van der Waals surface area contributed by atoms with Gasteiger partial charge in [-0.3, -0.25) is 4.79 Å². The Morgan fingerprint density at radius 1 is 1.05 bits per heavy atom. The molecule has 114 valence electrons. The molecular weight excluding hydrogens is 346 g/mol. The van der Waals surface area contributed by atoms with Crippen LogP contribution < -0.4 is 4.90 Å². The molecular formula is C17H16BrNO3. The molecule has 0 atom stereocenters. The van der Waals surface area contributed by atoms with E-state index in [0.29, 0.717) is 11.1 Å². The Labute approximate surface area is 137 Å². The number of Topliss-reactive ketones (excluding diaryl/α,β-unsaturated/α-hetero) is 1. The van der Waals surface area contributed by atoms with Crippen molar-refractivity contribution < 1.29 is 14.3 Å². The summed E-state index contributed by atoms with van der Waals surface area (Å²) < 4.78 is 5.88. The summed E-state index contributed by atoms with van der Waals surface area (Å²) in [7, 11) is 3.84. The molecule has 22 heavy (non-hydrogen) atoms. The summed E-state index contributed by atoms with van der Waals surface area (Å²) in [5.74, 6) is -0.742. The smallest absolute Gasteiger partial charge is 0.338 e. The summed E-state index contributed by atoms with van der Waals surface area (Å²) >= 11 is 3.30. The van der Waals surface area contributed by atoms with Crippen molar-refractivity contribution in [2.75, 3.05) is 25.6 Å². The first-order chi connectivity index (χ1) is 10.5. The third-order valence-electron chi connectivity index (χ3n) is 3.10. The summed E-state index contributed by atoms with van der Waals surface area (Å²) in [4.78, 5) is 25.8. The van der Waals surface area contributed by atoms with Crippen LogP contribution in [-0.4, -0.2) is 32.5 Å². The van der Waals surface area contributed by atoms with Crippen molar-refractivity contribution in [3.8, 4) is 0 Å². The minimum Gasteiger partial charge on any atom is -0.454 e. The van der Waals surface area contributed by atoms with Crippen LogP contribution in [0, 0.1) is 0 Å². The fraction of sp³-hybridized carbons (Fsp3) is 0.176. The van der Waals surface area contributed by atoms with E-state index in [1.54, 1.807) is 30.3 Å². The van der Waals surface area contributed by atoms with Gasteiger partial charge in [-0.25, -0.2) is 4.79 Å².